The van der Waals surface area contributed by atoms with Gasteiger partial charge in [0.25, 0.3) is 0 Å². The summed E-state index contributed by atoms with van der Waals surface area (Å²) in [5.74, 6) is -0.865. The fourth-order valence-electron chi connectivity index (χ4n) is 3.37. The number of ether oxygens (including phenoxy) is 2. The van der Waals surface area contributed by atoms with Crippen LogP contribution in [0.5, 0.6) is 0 Å². The minimum atomic E-state index is -0.762. The zero-order valence-corrected chi connectivity index (χ0v) is 14.7. The van der Waals surface area contributed by atoms with Crippen molar-refractivity contribution in [2.24, 2.45) is 0 Å². The van der Waals surface area contributed by atoms with E-state index in [0.29, 0.717) is 19.4 Å². The van der Waals surface area contributed by atoms with Crippen molar-refractivity contribution < 1.29 is 19.1 Å². The monoisotopic (exact) mass is 353 g/mol. The minimum Gasteiger partial charge on any atom is -0.463 e. The van der Waals surface area contributed by atoms with Crippen molar-refractivity contribution >= 4 is 28.5 Å². The number of rotatable bonds is 4. The maximum Gasteiger partial charge on any atom is 0.347 e. The van der Waals surface area contributed by atoms with E-state index in [1.54, 1.807) is 0 Å². The molecule has 0 saturated carbocycles. The number of carbonyl (C=O) groups excluding carboxylic acids is 2. The number of cyclic esters (lactones) is 1. The number of hydrogen-bond acceptors (Lipinski definition) is 6. The van der Waals surface area contributed by atoms with Gasteiger partial charge in [-0.25, -0.2) is 14.3 Å². The number of hydrogen-bond donors (Lipinski definition) is 0. The lowest BCUT2D eigenvalue weighted by atomic mass is 10.1. The third-order valence-corrected chi connectivity index (χ3v) is 4.76. The molecule has 0 amide bonds. The fraction of sp³-hybridized carbons (Fsp3) is 0.368. The van der Waals surface area contributed by atoms with Gasteiger partial charge in [0.1, 0.15) is 0 Å². The first-order valence-corrected chi connectivity index (χ1v) is 8.64. The maximum absolute atomic E-state index is 12.1. The molecule has 26 heavy (non-hydrogen) atoms. The summed E-state index contributed by atoms with van der Waals surface area (Å²) >= 11 is 0. The van der Waals surface area contributed by atoms with E-state index < -0.39 is 18.0 Å². The van der Waals surface area contributed by atoms with Crippen LogP contribution in [-0.4, -0.2) is 39.2 Å². The molecule has 3 aromatic rings. The molecule has 1 aliphatic heterocycles. The predicted octanol–water partition coefficient (Wildman–Crippen LogP) is 2.29. The molecule has 0 N–H and O–H groups in total. The summed E-state index contributed by atoms with van der Waals surface area (Å²) in [6.45, 7) is 4.22. The summed E-state index contributed by atoms with van der Waals surface area (Å²) in [7, 11) is 0. The van der Waals surface area contributed by atoms with Crippen molar-refractivity contribution in [2.75, 3.05) is 6.61 Å². The number of esters is 2. The molecule has 0 unspecified atom stereocenters. The molecule has 1 atom stereocenters. The van der Waals surface area contributed by atoms with Crippen LogP contribution < -0.4 is 0 Å². The average Bonchev–Trinajstić information content (AvgIpc) is 3.19. The minimum absolute atomic E-state index is 0.180. The molecule has 134 valence electrons. The topological polar surface area (TPSA) is 82.8 Å². The van der Waals surface area contributed by atoms with Gasteiger partial charge in [-0.05, 0) is 38.0 Å². The van der Waals surface area contributed by atoms with Crippen LogP contribution in [0.15, 0.2) is 24.3 Å². The Balaban J connectivity index is 1.57. The third-order valence-electron chi connectivity index (χ3n) is 4.76. The van der Waals surface area contributed by atoms with Crippen LogP contribution in [0, 0.1) is 13.8 Å². The van der Waals surface area contributed by atoms with E-state index in [1.165, 1.54) is 0 Å². The SMILES string of the molecule is Cc1nc2c3ccccc3nn2c(C)c1CCC(=O)O[C@@H]1CCOC1=O. The quantitative estimate of drug-likeness (QED) is 0.669. The molecular weight excluding hydrogens is 334 g/mol. The highest BCUT2D eigenvalue weighted by Crippen LogP contribution is 2.23. The first-order valence-electron chi connectivity index (χ1n) is 8.64. The molecule has 2 aromatic heterocycles. The molecule has 1 fully saturated rings. The molecule has 7 nitrogen and oxygen atoms in total. The summed E-state index contributed by atoms with van der Waals surface area (Å²) in [5.41, 5.74) is 4.50. The molecule has 0 bridgehead atoms. The molecule has 0 aliphatic carbocycles. The normalized spacial score (nSPS) is 17.0. The molecule has 1 saturated heterocycles. The van der Waals surface area contributed by atoms with Crippen molar-refractivity contribution in [1.82, 2.24) is 14.6 Å². The Morgan fingerprint density at radius 3 is 2.92 bits per heavy atom. The van der Waals surface area contributed by atoms with Crippen LogP contribution in [-0.2, 0) is 25.5 Å². The van der Waals surface area contributed by atoms with E-state index in [1.807, 2.05) is 42.6 Å². The van der Waals surface area contributed by atoms with E-state index in [-0.39, 0.29) is 6.42 Å². The smallest absolute Gasteiger partial charge is 0.347 e. The Kier molecular flexibility index (Phi) is 4.06. The average molecular weight is 353 g/mol. The van der Waals surface area contributed by atoms with E-state index in [4.69, 9.17) is 14.5 Å². The van der Waals surface area contributed by atoms with Crippen LogP contribution in [0.3, 0.4) is 0 Å². The number of fused-ring (bicyclic) bond motifs is 3. The van der Waals surface area contributed by atoms with Gasteiger partial charge in [-0.15, -0.1) is 0 Å². The van der Waals surface area contributed by atoms with Crippen LogP contribution in [0.1, 0.15) is 29.8 Å². The third kappa shape index (κ3) is 2.79. The van der Waals surface area contributed by atoms with Crippen LogP contribution in [0.4, 0.5) is 0 Å². The lowest BCUT2D eigenvalue weighted by Gasteiger charge is -2.12. The van der Waals surface area contributed by atoms with Gasteiger partial charge in [-0.1, -0.05) is 12.1 Å². The van der Waals surface area contributed by atoms with Crippen LogP contribution in [0.2, 0.25) is 0 Å². The van der Waals surface area contributed by atoms with Crippen LogP contribution >= 0.6 is 0 Å². The van der Waals surface area contributed by atoms with Gasteiger partial charge < -0.3 is 9.47 Å². The molecule has 7 heteroatoms. The number of carbonyl (C=O) groups is 2. The van der Waals surface area contributed by atoms with E-state index in [2.05, 4.69) is 5.10 Å². The lowest BCUT2D eigenvalue weighted by Crippen LogP contribution is -2.23. The van der Waals surface area contributed by atoms with Gasteiger partial charge in [-0.2, -0.15) is 5.10 Å². The van der Waals surface area contributed by atoms with Gasteiger partial charge in [0.2, 0.25) is 6.10 Å². The largest absolute Gasteiger partial charge is 0.463 e. The molecule has 0 spiro atoms. The number of nitrogens with zero attached hydrogens (tertiary/aromatic N) is 3. The van der Waals surface area contributed by atoms with E-state index in [0.717, 1.165) is 33.5 Å². The highest BCUT2D eigenvalue weighted by Gasteiger charge is 2.30. The van der Waals surface area contributed by atoms with Crippen LogP contribution in [0.25, 0.3) is 16.6 Å². The molecular formula is C19H19N3O4. The number of benzene rings is 1. The van der Waals surface area contributed by atoms with Gasteiger partial charge in [-0.3, -0.25) is 4.79 Å². The zero-order chi connectivity index (χ0) is 18.3. The first-order chi connectivity index (χ1) is 12.5. The maximum atomic E-state index is 12.1. The van der Waals surface area contributed by atoms with Crippen molar-refractivity contribution in [3.05, 3.63) is 41.2 Å². The Hall–Kier alpha value is -2.96. The lowest BCUT2D eigenvalue weighted by molar-refractivity contribution is -0.160. The van der Waals surface area contributed by atoms with E-state index >= 15 is 0 Å². The standard InChI is InChI=1S/C19H19N3O4/c1-11-13(7-8-17(23)26-16-9-10-25-19(16)24)12(2)22-18(20-11)14-5-3-4-6-15(14)21-22/h3-6,16H,7-10H2,1-2H3/t16-/m1/s1. The molecule has 4 rings (SSSR count). The second-order valence-corrected chi connectivity index (χ2v) is 6.45. The van der Waals surface area contributed by atoms with Crippen molar-refractivity contribution in [1.29, 1.82) is 0 Å². The van der Waals surface area contributed by atoms with Gasteiger partial charge >= 0.3 is 11.9 Å². The van der Waals surface area contributed by atoms with Gasteiger partial charge in [0.05, 0.1) is 12.1 Å². The summed E-state index contributed by atoms with van der Waals surface area (Å²) in [4.78, 5) is 28.2. The summed E-state index contributed by atoms with van der Waals surface area (Å²) < 4.78 is 11.8. The predicted molar refractivity (Wildman–Crippen MR) is 93.7 cm³/mol. The van der Waals surface area contributed by atoms with Gasteiger partial charge in [0.15, 0.2) is 5.65 Å². The summed E-state index contributed by atoms with van der Waals surface area (Å²) in [5, 5.41) is 5.62. The second-order valence-electron chi connectivity index (χ2n) is 6.45. The second kappa shape index (κ2) is 6.40. The Labute approximate surface area is 149 Å². The number of aryl methyl sites for hydroxylation is 2. The molecule has 0 radical (unpaired) electrons. The van der Waals surface area contributed by atoms with Crippen molar-refractivity contribution in [3.63, 3.8) is 0 Å². The highest BCUT2D eigenvalue weighted by atomic mass is 16.6. The Bertz CT molecular complexity index is 1020. The number of aromatic nitrogens is 3. The Morgan fingerprint density at radius 2 is 2.15 bits per heavy atom. The molecule has 1 aliphatic rings. The fourth-order valence-corrected chi connectivity index (χ4v) is 3.37. The molecule has 1 aromatic carbocycles. The zero-order valence-electron chi connectivity index (χ0n) is 14.7. The van der Waals surface area contributed by atoms with Crippen molar-refractivity contribution in [3.8, 4) is 0 Å². The molecule has 3 heterocycles. The first kappa shape index (κ1) is 16.5. The Morgan fingerprint density at radius 1 is 1.35 bits per heavy atom. The highest BCUT2D eigenvalue weighted by molar-refractivity contribution is 5.92. The van der Waals surface area contributed by atoms with Crippen molar-refractivity contribution in [2.45, 2.75) is 39.2 Å². The summed E-state index contributed by atoms with van der Waals surface area (Å²) in [6, 6.07) is 7.87. The summed E-state index contributed by atoms with van der Waals surface area (Å²) in [6.07, 6.45) is 0.328. The van der Waals surface area contributed by atoms with E-state index in [9.17, 15) is 9.59 Å². The van der Waals surface area contributed by atoms with Gasteiger partial charge in [0, 0.05) is 29.6 Å².